The summed E-state index contributed by atoms with van der Waals surface area (Å²) in [7, 11) is 0. The Kier molecular flexibility index (Phi) is 5.19. The molecule has 0 saturated carbocycles. The highest BCUT2D eigenvalue weighted by Gasteiger charge is 2.04. The van der Waals surface area contributed by atoms with Crippen LogP contribution in [0.5, 0.6) is 5.75 Å². The molecule has 1 aromatic rings. The second-order valence-corrected chi connectivity index (χ2v) is 3.69. The van der Waals surface area contributed by atoms with Gasteiger partial charge in [-0.15, -0.1) is 0 Å². The number of benzene rings is 1. The lowest BCUT2D eigenvalue weighted by Crippen LogP contribution is -2.29. The minimum atomic E-state index is -0.663. The molecule has 0 aliphatic heterocycles. The summed E-state index contributed by atoms with van der Waals surface area (Å²) in [6.07, 6.45) is 1.03. The average molecular weight is 229 g/mol. The Morgan fingerprint density at radius 3 is 2.75 bits per heavy atom. The lowest BCUT2D eigenvalue weighted by Gasteiger charge is -2.12. The van der Waals surface area contributed by atoms with Crippen LogP contribution in [-0.2, 0) is 0 Å². The minimum absolute atomic E-state index is 0.0901. The second kappa shape index (κ2) is 6.43. The number of nitrogens with one attached hydrogen (secondary N) is 1. The van der Waals surface area contributed by atoms with Crippen LogP contribution in [0.3, 0.4) is 0 Å². The van der Waals surface area contributed by atoms with Crippen molar-refractivity contribution >= 4 is 0 Å². The van der Waals surface area contributed by atoms with E-state index in [1.54, 1.807) is 0 Å². The van der Waals surface area contributed by atoms with Crippen molar-refractivity contribution in [3.63, 3.8) is 0 Å². The largest absolute Gasteiger partial charge is 0.489 e. The summed E-state index contributed by atoms with van der Waals surface area (Å²) in [6, 6.07) is 3.72. The Morgan fingerprint density at radius 1 is 1.38 bits per heavy atom. The van der Waals surface area contributed by atoms with E-state index in [2.05, 4.69) is 19.2 Å². The van der Waals surface area contributed by atoms with Gasteiger partial charge in [0, 0.05) is 18.7 Å². The summed E-state index contributed by atoms with van der Waals surface area (Å²) < 4.78 is 30.9. The molecular weight excluding hydrogens is 212 g/mol. The molecule has 0 fully saturated rings. The molecule has 0 heterocycles. The lowest BCUT2D eigenvalue weighted by molar-refractivity contribution is 0.291. The van der Waals surface area contributed by atoms with Gasteiger partial charge in [0.2, 0.25) is 0 Å². The highest BCUT2D eigenvalue weighted by molar-refractivity contribution is 5.24. The van der Waals surface area contributed by atoms with Crippen LogP contribution in [0, 0.1) is 11.6 Å². The summed E-state index contributed by atoms with van der Waals surface area (Å²) in [5, 5.41) is 3.21. The summed E-state index contributed by atoms with van der Waals surface area (Å²) in [4.78, 5) is 0. The maximum Gasteiger partial charge on any atom is 0.167 e. The topological polar surface area (TPSA) is 21.3 Å². The minimum Gasteiger partial charge on any atom is -0.489 e. The molecule has 1 atom stereocenters. The monoisotopic (exact) mass is 229 g/mol. The molecule has 0 aliphatic rings. The van der Waals surface area contributed by atoms with E-state index in [0.717, 1.165) is 12.5 Å². The first kappa shape index (κ1) is 12.9. The molecule has 2 nitrogen and oxygen atoms in total. The van der Waals surface area contributed by atoms with Gasteiger partial charge in [-0.1, -0.05) is 6.92 Å². The molecule has 1 N–H and O–H groups in total. The van der Waals surface area contributed by atoms with Crippen LogP contribution in [0.2, 0.25) is 0 Å². The summed E-state index contributed by atoms with van der Waals surface area (Å²) in [5.74, 6) is -1.17. The van der Waals surface area contributed by atoms with Crippen molar-refractivity contribution in [1.82, 2.24) is 5.32 Å². The molecule has 4 heteroatoms. The molecule has 1 rings (SSSR count). The van der Waals surface area contributed by atoms with Gasteiger partial charge in [0.05, 0.1) is 0 Å². The van der Waals surface area contributed by atoms with Crippen LogP contribution in [-0.4, -0.2) is 19.2 Å². The Morgan fingerprint density at radius 2 is 2.12 bits per heavy atom. The molecule has 0 radical (unpaired) electrons. The van der Waals surface area contributed by atoms with E-state index in [4.69, 9.17) is 4.74 Å². The maximum absolute atomic E-state index is 13.1. The zero-order valence-electron chi connectivity index (χ0n) is 9.59. The molecule has 0 aliphatic carbocycles. The predicted molar refractivity (Wildman–Crippen MR) is 59.6 cm³/mol. The Bertz CT molecular complexity index is 331. The first-order chi connectivity index (χ1) is 7.63. The van der Waals surface area contributed by atoms with E-state index < -0.39 is 11.6 Å². The SMILES string of the molecule is CCC(C)NCCOc1ccc(F)cc1F. The van der Waals surface area contributed by atoms with E-state index in [0.29, 0.717) is 19.2 Å². The van der Waals surface area contributed by atoms with Crippen molar-refractivity contribution < 1.29 is 13.5 Å². The smallest absolute Gasteiger partial charge is 0.167 e. The fourth-order valence-electron chi connectivity index (χ4n) is 1.20. The Labute approximate surface area is 94.6 Å². The van der Waals surface area contributed by atoms with Crippen molar-refractivity contribution in [2.45, 2.75) is 26.3 Å². The summed E-state index contributed by atoms with van der Waals surface area (Å²) >= 11 is 0. The number of ether oxygens (including phenoxy) is 1. The van der Waals surface area contributed by atoms with E-state index in [9.17, 15) is 8.78 Å². The van der Waals surface area contributed by atoms with Gasteiger partial charge < -0.3 is 10.1 Å². The normalized spacial score (nSPS) is 12.5. The van der Waals surface area contributed by atoms with Gasteiger partial charge in [-0.2, -0.15) is 0 Å². The van der Waals surface area contributed by atoms with Gasteiger partial charge in [-0.05, 0) is 25.5 Å². The van der Waals surface area contributed by atoms with Gasteiger partial charge >= 0.3 is 0 Å². The Balaban J connectivity index is 2.32. The van der Waals surface area contributed by atoms with Crippen LogP contribution in [0.4, 0.5) is 8.78 Å². The van der Waals surface area contributed by atoms with Crippen molar-refractivity contribution in [2.75, 3.05) is 13.2 Å². The molecule has 0 spiro atoms. The molecule has 90 valence electrons. The molecule has 1 unspecified atom stereocenters. The van der Waals surface area contributed by atoms with Crippen LogP contribution in [0.15, 0.2) is 18.2 Å². The highest BCUT2D eigenvalue weighted by atomic mass is 19.1. The van der Waals surface area contributed by atoms with Crippen LogP contribution >= 0.6 is 0 Å². The zero-order valence-corrected chi connectivity index (χ0v) is 9.59. The maximum atomic E-state index is 13.1. The van der Waals surface area contributed by atoms with E-state index in [-0.39, 0.29) is 5.75 Å². The lowest BCUT2D eigenvalue weighted by atomic mass is 10.3. The standard InChI is InChI=1S/C12H17F2NO/c1-3-9(2)15-6-7-16-12-5-4-10(13)8-11(12)14/h4-5,8-9,15H,3,6-7H2,1-2H3. The molecule has 0 amide bonds. The van der Waals surface area contributed by atoms with Crippen molar-refractivity contribution in [2.24, 2.45) is 0 Å². The number of halogens is 2. The van der Waals surface area contributed by atoms with Crippen molar-refractivity contribution in [3.8, 4) is 5.75 Å². The van der Waals surface area contributed by atoms with Crippen LogP contribution in [0.1, 0.15) is 20.3 Å². The second-order valence-electron chi connectivity index (χ2n) is 3.69. The van der Waals surface area contributed by atoms with E-state index >= 15 is 0 Å². The summed E-state index contributed by atoms with van der Waals surface area (Å²) in [6.45, 7) is 5.16. The molecular formula is C12H17F2NO. The van der Waals surface area contributed by atoms with Gasteiger partial charge in [0.15, 0.2) is 11.6 Å². The van der Waals surface area contributed by atoms with Gasteiger partial charge in [-0.25, -0.2) is 8.78 Å². The summed E-state index contributed by atoms with van der Waals surface area (Å²) in [5.41, 5.74) is 0. The van der Waals surface area contributed by atoms with Crippen molar-refractivity contribution in [1.29, 1.82) is 0 Å². The number of hydrogen-bond donors (Lipinski definition) is 1. The molecule has 0 bridgehead atoms. The van der Waals surface area contributed by atoms with Gasteiger partial charge in [0.1, 0.15) is 12.4 Å². The first-order valence-electron chi connectivity index (χ1n) is 5.44. The fourth-order valence-corrected chi connectivity index (χ4v) is 1.20. The molecule has 16 heavy (non-hydrogen) atoms. The van der Waals surface area contributed by atoms with E-state index in [1.807, 2.05) is 0 Å². The Hall–Kier alpha value is -1.16. The third kappa shape index (κ3) is 4.14. The first-order valence-corrected chi connectivity index (χ1v) is 5.44. The van der Waals surface area contributed by atoms with Gasteiger partial charge in [0.25, 0.3) is 0 Å². The third-order valence-corrected chi connectivity index (χ3v) is 2.36. The fraction of sp³-hybridized carbons (Fsp3) is 0.500. The number of rotatable bonds is 6. The average Bonchev–Trinajstić information content (AvgIpc) is 2.26. The molecule has 0 saturated heterocycles. The number of hydrogen-bond acceptors (Lipinski definition) is 2. The van der Waals surface area contributed by atoms with E-state index in [1.165, 1.54) is 12.1 Å². The third-order valence-electron chi connectivity index (χ3n) is 2.36. The predicted octanol–water partition coefficient (Wildman–Crippen LogP) is 2.73. The molecule has 1 aromatic carbocycles. The van der Waals surface area contributed by atoms with Crippen LogP contribution in [0.25, 0.3) is 0 Å². The zero-order chi connectivity index (χ0) is 12.0. The van der Waals surface area contributed by atoms with Gasteiger partial charge in [-0.3, -0.25) is 0 Å². The molecule has 0 aromatic heterocycles. The van der Waals surface area contributed by atoms with Crippen LogP contribution < -0.4 is 10.1 Å². The van der Waals surface area contributed by atoms with Crippen molar-refractivity contribution in [3.05, 3.63) is 29.8 Å². The quantitative estimate of drug-likeness (QED) is 0.757. The highest BCUT2D eigenvalue weighted by Crippen LogP contribution is 2.17.